The molecule has 4 rings (SSSR count). The number of nitro groups is 2. The number of carbonyl (C=O) groups excluding carboxylic acids is 1. The van der Waals surface area contributed by atoms with Gasteiger partial charge in [-0.05, 0) is 16.3 Å². The van der Waals surface area contributed by atoms with Crippen LogP contribution >= 0.6 is 0 Å². The van der Waals surface area contributed by atoms with E-state index in [2.05, 4.69) is 10.4 Å². The lowest BCUT2D eigenvalue weighted by Gasteiger charge is -2.11. The molecule has 1 aromatic heterocycles. The molecule has 10 nitrogen and oxygen atoms in total. The summed E-state index contributed by atoms with van der Waals surface area (Å²) in [5, 5.41) is 31.1. The number of non-ortho nitro benzene ring substituents is 2. The Bertz CT molecular complexity index is 1290. The van der Waals surface area contributed by atoms with Crippen LogP contribution in [0.1, 0.15) is 15.9 Å². The summed E-state index contributed by atoms with van der Waals surface area (Å²) < 4.78 is 1.57. The van der Waals surface area contributed by atoms with Gasteiger partial charge in [-0.15, -0.1) is 0 Å². The second-order valence-corrected chi connectivity index (χ2v) is 6.72. The van der Waals surface area contributed by atoms with E-state index in [1.54, 1.807) is 10.7 Å². The summed E-state index contributed by atoms with van der Waals surface area (Å²) in [7, 11) is 0. The van der Waals surface area contributed by atoms with E-state index in [0.717, 1.165) is 34.5 Å². The van der Waals surface area contributed by atoms with Gasteiger partial charge in [0.1, 0.15) is 5.82 Å². The van der Waals surface area contributed by atoms with Gasteiger partial charge < -0.3 is 5.32 Å². The molecular weight excluding hydrogens is 402 g/mol. The molecule has 154 valence electrons. The topological polar surface area (TPSA) is 133 Å². The maximum atomic E-state index is 12.7. The Morgan fingerprint density at radius 2 is 1.61 bits per heavy atom. The third kappa shape index (κ3) is 4.08. The number of carbonyl (C=O) groups is 1. The maximum Gasteiger partial charge on any atom is 0.277 e. The summed E-state index contributed by atoms with van der Waals surface area (Å²) in [6.07, 6.45) is 1.51. The quantitative estimate of drug-likeness (QED) is 0.370. The molecule has 0 bridgehead atoms. The molecule has 0 saturated heterocycles. The molecule has 0 unspecified atom stereocenters. The first-order chi connectivity index (χ1) is 14.9. The van der Waals surface area contributed by atoms with Gasteiger partial charge in [-0.1, -0.05) is 42.5 Å². The van der Waals surface area contributed by atoms with Crippen LogP contribution in [-0.2, 0) is 6.54 Å². The number of nitrogens with one attached hydrogen (secondary N) is 1. The summed E-state index contributed by atoms with van der Waals surface area (Å²) in [5.74, 6) is -0.362. The minimum absolute atomic E-state index is 0.196. The van der Waals surface area contributed by atoms with Gasteiger partial charge in [0.25, 0.3) is 17.3 Å². The number of amides is 1. The van der Waals surface area contributed by atoms with Crippen LogP contribution in [0.5, 0.6) is 0 Å². The van der Waals surface area contributed by atoms with Crippen LogP contribution in [0.2, 0.25) is 0 Å². The highest BCUT2D eigenvalue weighted by Gasteiger charge is 2.20. The van der Waals surface area contributed by atoms with E-state index in [0.29, 0.717) is 12.4 Å². The predicted molar refractivity (Wildman–Crippen MR) is 113 cm³/mol. The van der Waals surface area contributed by atoms with E-state index in [4.69, 9.17) is 0 Å². The van der Waals surface area contributed by atoms with Crippen molar-refractivity contribution in [2.45, 2.75) is 6.54 Å². The van der Waals surface area contributed by atoms with E-state index < -0.39 is 27.1 Å². The van der Waals surface area contributed by atoms with Crippen molar-refractivity contribution in [1.29, 1.82) is 0 Å². The lowest BCUT2D eigenvalue weighted by molar-refractivity contribution is -0.394. The van der Waals surface area contributed by atoms with Crippen molar-refractivity contribution in [1.82, 2.24) is 9.78 Å². The summed E-state index contributed by atoms with van der Waals surface area (Å²) in [4.78, 5) is 33.3. The SMILES string of the molecule is O=C(Nc1ccnn1Cc1cccc2ccccc12)c1cc([N+](=O)[O-])cc([N+](=O)[O-])c1. The van der Waals surface area contributed by atoms with Gasteiger partial charge in [0.15, 0.2) is 0 Å². The van der Waals surface area contributed by atoms with Crippen molar-refractivity contribution < 1.29 is 14.6 Å². The second kappa shape index (κ2) is 8.03. The lowest BCUT2D eigenvalue weighted by Crippen LogP contribution is -2.16. The van der Waals surface area contributed by atoms with E-state index in [9.17, 15) is 25.0 Å². The fourth-order valence-corrected chi connectivity index (χ4v) is 3.28. The van der Waals surface area contributed by atoms with Crippen molar-refractivity contribution in [2.24, 2.45) is 0 Å². The zero-order valence-electron chi connectivity index (χ0n) is 16.0. The van der Waals surface area contributed by atoms with Gasteiger partial charge in [-0.2, -0.15) is 5.10 Å². The molecule has 1 N–H and O–H groups in total. The third-order valence-corrected chi connectivity index (χ3v) is 4.74. The monoisotopic (exact) mass is 417 g/mol. The molecule has 0 radical (unpaired) electrons. The number of benzene rings is 3. The highest BCUT2D eigenvalue weighted by molar-refractivity contribution is 6.04. The van der Waals surface area contributed by atoms with Gasteiger partial charge in [0, 0.05) is 18.2 Å². The average Bonchev–Trinajstić information content (AvgIpc) is 3.20. The maximum absolute atomic E-state index is 12.7. The molecular formula is C21H15N5O5. The van der Waals surface area contributed by atoms with Gasteiger partial charge >= 0.3 is 0 Å². The van der Waals surface area contributed by atoms with Crippen molar-refractivity contribution >= 4 is 33.9 Å². The normalized spacial score (nSPS) is 10.7. The molecule has 4 aromatic rings. The van der Waals surface area contributed by atoms with Crippen molar-refractivity contribution in [2.75, 3.05) is 5.32 Å². The molecule has 31 heavy (non-hydrogen) atoms. The lowest BCUT2D eigenvalue weighted by atomic mass is 10.0. The van der Waals surface area contributed by atoms with Gasteiger partial charge in [0.2, 0.25) is 0 Å². The molecule has 0 saturated carbocycles. The molecule has 3 aromatic carbocycles. The Kier molecular flexibility index (Phi) is 5.10. The summed E-state index contributed by atoms with van der Waals surface area (Å²) in [5.41, 5.74) is -0.283. The van der Waals surface area contributed by atoms with Crippen LogP contribution in [0.3, 0.4) is 0 Å². The van der Waals surface area contributed by atoms with Crippen LogP contribution in [0.4, 0.5) is 17.2 Å². The fraction of sp³-hybridized carbons (Fsp3) is 0.0476. The zero-order valence-corrected chi connectivity index (χ0v) is 16.0. The van der Waals surface area contributed by atoms with Crippen LogP contribution in [0.25, 0.3) is 10.8 Å². The van der Waals surface area contributed by atoms with Gasteiger partial charge in [-0.3, -0.25) is 25.0 Å². The number of hydrogen-bond donors (Lipinski definition) is 1. The van der Waals surface area contributed by atoms with Crippen molar-refractivity contribution in [3.63, 3.8) is 0 Å². The number of anilines is 1. The first-order valence-electron chi connectivity index (χ1n) is 9.16. The largest absolute Gasteiger partial charge is 0.307 e. The molecule has 1 heterocycles. The molecule has 0 aliphatic rings. The first-order valence-corrected chi connectivity index (χ1v) is 9.16. The standard InChI is InChI=1S/C21H15N5O5/c27-21(16-10-17(25(28)29)12-18(11-16)26(30)31)23-20-8-9-22-24(20)13-15-6-3-5-14-4-1-2-7-19(14)15/h1-12H,13H2,(H,23,27). The number of aromatic nitrogens is 2. The second-order valence-electron chi connectivity index (χ2n) is 6.72. The first kappa shape index (κ1) is 19.7. The molecule has 10 heteroatoms. The fourth-order valence-electron chi connectivity index (χ4n) is 3.28. The smallest absolute Gasteiger partial charge is 0.277 e. The van der Waals surface area contributed by atoms with E-state index in [1.165, 1.54) is 6.20 Å². The van der Waals surface area contributed by atoms with E-state index in [-0.39, 0.29) is 5.56 Å². The Balaban J connectivity index is 1.62. The highest BCUT2D eigenvalue weighted by atomic mass is 16.6. The molecule has 0 atom stereocenters. The van der Waals surface area contributed by atoms with E-state index >= 15 is 0 Å². The van der Waals surface area contributed by atoms with Crippen LogP contribution in [-0.4, -0.2) is 25.5 Å². The Morgan fingerprint density at radius 3 is 2.32 bits per heavy atom. The number of fused-ring (bicyclic) bond motifs is 1. The average molecular weight is 417 g/mol. The zero-order chi connectivity index (χ0) is 22.0. The summed E-state index contributed by atoms with van der Waals surface area (Å²) in [6.45, 7) is 0.374. The number of nitro benzene ring substituents is 2. The van der Waals surface area contributed by atoms with Gasteiger partial charge in [-0.25, -0.2) is 4.68 Å². The number of nitrogens with zero attached hydrogens (tertiary/aromatic N) is 4. The number of rotatable bonds is 6. The van der Waals surface area contributed by atoms with Crippen molar-refractivity contribution in [3.8, 4) is 0 Å². The Hall–Kier alpha value is -4.60. The van der Waals surface area contributed by atoms with Gasteiger partial charge in [0.05, 0.1) is 34.2 Å². The predicted octanol–water partition coefficient (Wildman–Crippen LogP) is 4.15. The molecule has 1 amide bonds. The van der Waals surface area contributed by atoms with Crippen LogP contribution in [0.15, 0.2) is 72.9 Å². The Labute approximate surface area is 175 Å². The molecule has 0 aliphatic carbocycles. The molecule has 0 spiro atoms. The van der Waals surface area contributed by atoms with Crippen LogP contribution in [0, 0.1) is 20.2 Å². The highest BCUT2D eigenvalue weighted by Crippen LogP contribution is 2.24. The third-order valence-electron chi connectivity index (χ3n) is 4.74. The summed E-state index contributed by atoms with van der Waals surface area (Å²) in [6, 6.07) is 18.1. The van der Waals surface area contributed by atoms with E-state index in [1.807, 2.05) is 42.5 Å². The minimum Gasteiger partial charge on any atom is -0.307 e. The molecule has 0 fully saturated rings. The molecule has 0 aliphatic heterocycles. The van der Waals surface area contributed by atoms with Crippen LogP contribution < -0.4 is 5.32 Å². The minimum atomic E-state index is -0.783. The Morgan fingerprint density at radius 1 is 0.935 bits per heavy atom. The van der Waals surface area contributed by atoms with Crippen molar-refractivity contribution in [3.05, 3.63) is 104 Å². The number of hydrogen-bond acceptors (Lipinski definition) is 6. The summed E-state index contributed by atoms with van der Waals surface area (Å²) >= 11 is 0.